The summed E-state index contributed by atoms with van der Waals surface area (Å²) in [6, 6.07) is 5.69. The minimum absolute atomic E-state index is 0.0476. The Kier molecular flexibility index (Phi) is 8.87. The summed E-state index contributed by atoms with van der Waals surface area (Å²) in [6.07, 6.45) is -4.18. The van der Waals surface area contributed by atoms with Gasteiger partial charge in [0.1, 0.15) is 0 Å². The summed E-state index contributed by atoms with van der Waals surface area (Å²) in [4.78, 5) is 15.6. The number of rotatable bonds is 4. The number of carboxylic acid groups (broad SMARTS) is 1. The molecule has 0 amide bonds. The molecule has 0 bridgehead atoms. The highest BCUT2D eigenvalue weighted by Crippen LogP contribution is 2.30. The van der Waals surface area contributed by atoms with Gasteiger partial charge in [0.05, 0.1) is 22.4 Å². The van der Waals surface area contributed by atoms with Crippen molar-refractivity contribution in [3.63, 3.8) is 0 Å². The van der Waals surface area contributed by atoms with Crippen LogP contribution in [0.4, 0.5) is 13.2 Å². The van der Waals surface area contributed by atoms with E-state index in [-0.39, 0.29) is 24.1 Å². The number of fused-ring (bicyclic) bond motifs is 1. The average molecular weight is 516 g/mol. The normalized spacial score (nSPS) is 24.2. The van der Waals surface area contributed by atoms with E-state index in [0.29, 0.717) is 32.5 Å². The molecule has 1 N–H and O–H groups in total. The molecule has 2 aliphatic heterocycles. The Bertz CT molecular complexity index is 1050. The van der Waals surface area contributed by atoms with Crippen LogP contribution in [0.5, 0.6) is 0 Å². The van der Waals surface area contributed by atoms with Gasteiger partial charge < -0.3 is 5.11 Å². The molecule has 188 valence electrons. The summed E-state index contributed by atoms with van der Waals surface area (Å²) < 4.78 is 82.9. The molecule has 3 heterocycles. The van der Waals surface area contributed by atoms with Gasteiger partial charge in [-0.05, 0) is 38.8 Å². The lowest BCUT2D eigenvalue weighted by Crippen LogP contribution is -2.54. The topological polar surface area (TPSA) is 125 Å². The van der Waals surface area contributed by atoms with E-state index in [1.54, 1.807) is 6.92 Å². The zero-order valence-electron chi connectivity index (χ0n) is 18.3. The third-order valence-electron chi connectivity index (χ3n) is 5.67. The average Bonchev–Trinajstić information content (AvgIpc) is 2.95. The number of nitrogens with zero attached hydrogens (tertiary/aromatic N) is 3. The van der Waals surface area contributed by atoms with E-state index in [4.69, 9.17) is 9.90 Å². The number of carbonyl (C=O) groups is 1. The lowest BCUT2D eigenvalue weighted by atomic mass is 10.1. The van der Waals surface area contributed by atoms with Gasteiger partial charge in [-0.3, -0.25) is 9.88 Å². The number of aryl methyl sites for hydroxylation is 1. The number of aromatic nitrogens is 1. The van der Waals surface area contributed by atoms with Gasteiger partial charge in [0.2, 0.25) is 10.0 Å². The molecule has 2 aliphatic rings. The highest BCUT2D eigenvalue weighted by molar-refractivity contribution is 7.92. The van der Waals surface area contributed by atoms with Gasteiger partial charge in [-0.1, -0.05) is 6.07 Å². The molecular weight excluding hydrogens is 487 g/mol. The predicted octanol–water partition coefficient (Wildman–Crippen LogP) is 1.44. The smallest absolute Gasteiger partial charge is 0.475 e. The van der Waals surface area contributed by atoms with Gasteiger partial charge in [-0.2, -0.15) is 13.2 Å². The van der Waals surface area contributed by atoms with E-state index in [0.717, 1.165) is 11.4 Å². The Morgan fingerprint density at radius 1 is 1.21 bits per heavy atom. The van der Waals surface area contributed by atoms with Crippen molar-refractivity contribution in [1.29, 1.82) is 0 Å². The third-order valence-corrected chi connectivity index (χ3v) is 9.78. The van der Waals surface area contributed by atoms with Crippen molar-refractivity contribution in [2.45, 2.75) is 50.7 Å². The molecule has 1 aromatic rings. The predicted molar refractivity (Wildman–Crippen MR) is 115 cm³/mol. The van der Waals surface area contributed by atoms with Crippen LogP contribution in [-0.4, -0.2) is 90.7 Å². The van der Waals surface area contributed by atoms with Gasteiger partial charge >= 0.3 is 12.1 Å². The maximum absolute atomic E-state index is 12.6. The molecule has 9 nitrogen and oxygen atoms in total. The van der Waals surface area contributed by atoms with Crippen molar-refractivity contribution in [2.24, 2.45) is 0 Å². The van der Waals surface area contributed by atoms with E-state index < -0.39 is 37.3 Å². The first-order valence-electron chi connectivity index (χ1n) is 10.3. The molecule has 2 saturated heterocycles. The summed E-state index contributed by atoms with van der Waals surface area (Å²) in [6.45, 7) is 5.29. The summed E-state index contributed by atoms with van der Waals surface area (Å²) >= 11 is 0. The molecule has 0 unspecified atom stereocenters. The highest BCUT2D eigenvalue weighted by atomic mass is 32.2. The lowest BCUT2D eigenvalue weighted by molar-refractivity contribution is -0.192. The van der Waals surface area contributed by atoms with Crippen LogP contribution in [0.25, 0.3) is 0 Å². The fourth-order valence-electron chi connectivity index (χ4n) is 3.99. The first-order valence-corrected chi connectivity index (χ1v) is 13.7. The van der Waals surface area contributed by atoms with Gasteiger partial charge in [0.15, 0.2) is 9.84 Å². The van der Waals surface area contributed by atoms with Crippen molar-refractivity contribution >= 4 is 25.8 Å². The minimum Gasteiger partial charge on any atom is -0.475 e. The number of hydrogen-bond acceptors (Lipinski definition) is 7. The summed E-state index contributed by atoms with van der Waals surface area (Å²) in [5.74, 6) is -2.58. The second kappa shape index (κ2) is 10.7. The van der Waals surface area contributed by atoms with Gasteiger partial charge in [0.25, 0.3) is 0 Å². The van der Waals surface area contributed by atoms with Crippen molar-refractivity contribution in [3.05, 3.63) is 29.6 Å². The number of hydrogen-bond donors (Lipinski definition) is 1. The van der Waals surface area contributed by atoms with Crippen LogP contribution in [0.2, 0.25) is 0 Å². The second-order valence-electron chi connectivity index (χ2n) is 7.89. The molecule has 0 radical (unpaired) electrons. The maximum Gasteiger partial charge on any atom is 0.490 e. The first kappa shape index (κ1) is 27.5. The van der Waals surface area contributed by atoms with Crippen LogP contribution in [0.15, 0.2) is 18.2 Å². The minimum atomic E-state index is -5.08. The molecule has 33 heavy (non-hydrogen) atoms. The standard InChI is InChI=1S/C17H27N3O4S2.C2HF3O2/c1-3-26(23,24)20-9-7-16-17(8-10-20)25(21,22)12-11-19(16)13-15-6-4-5-14(2)18-15;3-2(4,5)1(6)7/h4-6,16-17H,3,7-13H2,1-2H3;(H,6,7)/t16-,17+;/m0./s1. The third kappa shape index (κ3) is 7.36. The zero-order chi connectivity index (χ0) is 25.0. The maximum atomic E-state index is 12.6. The molecule has 2 fully saturated rings. The Labute approximate surface area is 191 Å². The van der Waals surface area contributed by atoms with Crippen molar-refractivity contribution in [1.82, 2.24) is 14.2 Å². The zero-order valence-corrected chi connectivity index (χ0v) is 20.0. The van der Waals surface area contributed by atoms with E-state index in [1.165, 1.54) is 4.31 Å². The number of sulfone groups is 1. The molecule has 0 spiro atoms. The van der Waals surface area contributed by atoms with E-state index in [9.17, 15) is 30.0 Å². The molecule has 0 aromatic carbocycles. The fourth-order valence-corrected chi connectivity index (χ4v) is 7.16. The van der Waals surface area contributed by atoms with Crippen LogP contribution < -0.4 is 0 Å². The highest BCUT2D eigenvalue weighted by Gasteiger charge is 2.44. The lowest BCUT2D eigenvalue weighted by Gasteiger charge is -2.39. The number of sulfonamides is 1. The number of carboxylic acids is 1. The van der Waals surface area contributed by atoms with Crippen LogP contribution >= 0.6 is 0 Å². The molecule has 0 saturated carbocycles. The van der Waals surface area contributed by atoms with Crippen molar-refractivity contribution in [3.8, 4) is 0 Å². The Hall–Kier alpha value is -1.77. The fraction of sp³-hybridized carbons (Fsp3) is 0.684. The number of aliphatic carboxylic acids is 1. The summed E-state index contributed by atoms with van der Waals surface area (Å²) in [7, 11) is -6.50. The van der Waals surface area contributed by atoms with Gasteiger partial charge in [-0.25, -0.2) is 25.9 Å². The quantitative estimate of drug-likeness (QED) is 0.639. The Morgan fingerprint density at radius 3 is 2.36 bits per heavy atom. The number of halogens is 3. The van der Waals surface area contributed by atoms with E-state index >= 15 is 0 Å². The van der Waals surface area contributed by atoms with Crippen molar-refractivity contribution in [2.75, 3.05) is 31.1 Å². The second-order valence-corrected chi connectivity index (χ2v) is 12.5. The molecule has 2 atom stereocenters. The summed E-state index contributed by atoms with van der Waals surface area (Å²) in [5, 5.41) is 6.62. The van der Waals surface area contributed by atoms with Gasteiger partial charge in [-0.15, -0.1) is 0 Å². The van der Waals surface area contributed by atoms with Crippen LogP contribution in [0.1, 0.15) is 31.2 Å². The monoisotopic (exact) mass is 515 g/mol. The Balaban J connectivity index is 0.000000479. The largest absolute Gasteiger partial charge is 0.490 e. The summed E-state index contributed by atoms with van der Waals surface area (Å²) in [5.41, 5.74) is 1.86. The first-order chi connectivity index (χ1) is 15.2. The SMILES string of the molecule is CCS(=O)(=O)N1CC[C@@H]2[C@H](CC1)N(Cc1cccc(C)n1)CCS2(=O)=O.O=C(O)C(F)(F)F. The van der Waals surface area contributed by atoms with Crippen molar-refractivity contribution < 1.29 is 39.9 Å². The van der Waals surface area contributed by atoms with Crippen LogP contribution in [0.3, 0.4) is 0 Å². The number of pyridine rings is 1. The van der Waals surface area contributed by atoms with Crippen LogP contribution in [-0.2, 0) is 31.2 Å². The molecule has 14 heteroatoms. The molecule has 0 aliphatic carbocycles. The molecule has 3 rings (SSSR count). The van der Waals surface area contributed by atoms with E-state index in [1.807, 2.05) is 25.1 Å². The Morgan fingerprint density at radius 2 is 1.82 bits per heavy atom. The molecule has 1 aromatic heterocycles. The number of alkyl halides is 3. The van der Waals surface area contributed by atoms with E-state index in [2.05, 4.69) is 9.88 Å². The molecular formula is C19H28F3N3O6S2. The van der Waals surface area contributed by atoms with Crippen LogP contribution in [0, 0.1) is 6.92 Å². The van der Waals surface area contributed by atoms with Gasteiger partial charge in [0, 0.05) is 37.9 Å².